The third kappa shape index (κ3) is 6.59. The van der Waals surface area contributed by atoms with E-state index in [9.17, 15) is 22.8 Å². The number of thioether (sulfide) groups is 1. The summed E-state index contributed by atoms with van der Waals surface area (Å²) in [5, 5.41) is 2.09. The van der Waals surface area contributed by atoms with E-state index in [0.717, 1.165) is 40.6 Å². The summed E-state index contributed by atoms with van der Waals surface area (Å²) in [4.78, 5) is 32.6. The van der Waals surface area contributed by atoms with Crippen LogP contribution in [0.4, 0.5) is 24.5 Å². The van der Waals surface area contributed by atoms with Gasteiger partial charge in [0.1, 0.15) is 5.25 Å². The van der Waals surface area contributed by atoms with Crippen molar-refractivity contribution in [2.45, 2.75) is 38.2 Å². The van der Waals surface area contributed by atoms with Gasteiger partial charge in [-0.05, 0) is 66.9 Å². The number of methoxy groups -OCH3 is 2. The summed E-state index contributed by atoms with van der Waals surface area (Å²) in [5.74, 6) is 0.137. The largest absolute Gasteiger partial charge is 0.493 e. The second-order valence-electron chi connectivity index (χ2n) is 9.16. The number of aryl methyl sites for hydroxylation is 1. The molecule has 0 saturated carbocycles. The molecule has 1 aliphatic rings. The zero-order valence-corrected chi connectivity index (χ0v) is 23.2. The number of amidine groups is 1. The minimum absolute atomic E-state index is 0.00160. The fourth-order valence-corrected chi connectivity index (χ4v) is 5.30. The van der Waals surface area contributed by atoms with E-state index in [4.69, 9.17) is 14.5 Å². The summed E-state index contributed by atoms with van der Waals surface area (Å²) in [7, 11) is 3.05. The van der Waals surface area contributed by atoms with Crippen molar-refractivity contribution < 1.29 is 32.2 Å². The van der Waals surface area contributed by atoms with Gasteiger partial charge in [-0.2, -0.15) is 13.2 Å². The number of anilines is 1. The summed E-state index contributed by atoms with van der Waals surface area (Å²) < 4.78 is 49.9. The summed E-state index contributed by atoms with van der Waals surface area (Å²) >= 11 is 1.15. The van der Waals surface area contributed by atoms with E-state index in [1.807, 2.05) is 38.1 Å². The van der Waals surface area contributed by atoms with Gasteiger partial charge in [0.2, 0.25) is 11.8 Å². The van der Waals surface area contributed by atoms with Crippen LogP contribution in [-0.4, -0.2) is 41.4 Å². The zero-order valence-electron chi connectivity index (χ0n) is 22.3. The standard InChI is InChI=1S/C29H28F3N3O4S/c1-17-7-5-10-22(18(17)2)34-28-35(16-19-11-12-23(38-3)24(13-19)39-4)27(37)25(40-28)15-26(36)33-21-9-6-8-20(14-21)29(30,31)32/h5-14,25H,15-16H2,1-4H3,(H,33,36). The molecule has 1 unspecified atom stereocenters. The molecule has 40 heavy (non-hydrogen) atoms. The van der Waals surface area contributed by atoms with Gasteiger partial charge in [-0.1, -0.05) is 36.0 Å². The van der Waals surface area contributed by atoms with Crippen molar-refractivity contribution in [1.29, 1.82) is 0 Å². The van der Waals surface area contributed by atoms with Crippen LogP contribution in [0.1, 0.15) is 28.7 Å². The van der Waals surface area contributed by atoms with Crippen LogP contribution >= 0.6 is 11.8 Å². The van der Waals surface area contributed by atoms with Crippen LogP contribution in [0.5, 0.6) is 11.5 Å². The third-order valence-electron chi connectivity index (χ3n) is 6.45. The van der Waals surface area contributed by atoms with Gasteiger partial charge < -0.3 is 14.8 Å². The molecule has 1 fully saturated rings. The Balaban J connectivity index is 1.59. The SMILES string of the molecule is COc1ccc(CN2C(=O)C(CC(=O)Nc3cccc(C(F)(F)F)c3)SC2=Nc2cccc(C)c2C)cc1OC. The van der Waals surface area contributed by atoms with Gasteiger partial charge >= 0.3 is 6.18 Å². The Morgan fingerprint density at radius 3 is 2.45 bits per heavy atom. The number of amides is 2. The maximum atomic E-state index is 13.6. The molecular formula is C29H28F3N3O4S. The summed E-state index contributed by atoms with van der Waals surface area (Å²) in [6.45, 7) is 4.07. The van der Waals surface area contributed by atoms with Gasteiger partial charge in [0, 0.05) is 12.1 Å². The predicted octanol–water partition coefficient (Wildman–Crippen LogP) is 6.50. The Bertz CT molecular complexity index is 1460. The first-order chi connectivity index (χ1) is 19.0. The third-order valence-corrected chi connectivity index (χ3v) is 7.62. The average Bonchev–Trinajstić information content (AvgIpc) is 3.19. The molecule has 4 rings (SSSR count). The van der Waals surface area contributed by atoms with Gasteiger partial charge in [0.05, 0.1) is 32.0 Å². The van der Waals surface area contributed by atoms with Crippen molar-refractivity contribution in [2.24, 2.45) is 4.99 Å². The first kappa shape index (κ1) is 29.0. The highest BCUT2D eigenvalue weighted by Gasteiger charge is 2.39. The molecule has 1 N–H and O–H groups in total. The van der Waals surface area contributed by atoms with Crippen molar-refractivity contribution in [1.82, 2.24) is 4.90 Å². The van der Waals surface area contributed by atoms with Crippen LogP contribution in [-0.2, 0) is 22.3 Å². The highest BCUT2D eigenvalue weighted by molar-refractivity contribution is 8.15. The maximum Gasteiger partial charge on any atom is 0.416 e. The minimum Gasteiger partial charge on any atom is -0.493 e. The highest BCUT2D eigenvalue weighted by Crippen LogP contribution is 2.36. The number of nitrogens with one attached hydrogen (secondary N) is 1. The van der Waals surface area contributed by atoms with Crippen molar-refractivity contribution >= 4 is 40.1 Å². The van der Waals surface area contributed by atoms with Gasteiger partial charge in [0.25, 0.3) is 0 Å². The maximum absolute atomic E-state index is 13.6. The van der Waals surface area contributed by atoms with Crippen molar-refractivity contribution in [3.05, 3.63) is 82.9 Å². The molecule has 3 aromatic carbocycles. The van der Waals surface area contributed by atoms with Crippen LogP contribution in [0.2, 0.25) is 0 Å². The smallest absolute Gasteiger partial charge is 0.416 e. The van der Waals surface area contributed by atoms with Crippen LogP contribution < -0.4 is 14.8 Å². The summed E-state index contributed by atoms with van der Waals surface area (Å²) in [5.41, 5.74) is 2.58. The minimum atomic E-state index is -4.54. The molecule has 210 valence electrons. The number of halogens is 3. The van der Waals surface area contributed by atoms with E-state index < -0.39 is 22.9 Å². The molecule has 11 heteroatoms. The number of hydrogen-bond donors (Lipinski definition) is 1. The molecule has 1 saturated heterocycles. The molecule has 1 aliphatic heterocycles. The Morgan fingerprint density at radius 1 is 1.02 bits per heavy atom. The number of alkyl halides is 3. The van der Waals surface area contributed by atoms with Gasteiger partial charge in [-0.25, -0.2) is 4.99 Å². The van der Waals surface area contributed by atoms with Crippen molar-refractivity contribution in [3.8, 4) is 11.5 Å². The van der Waals surface area contributed by atoms with Crippen LogP contribution in [0, 0.1) is 13.8 Å². The Morgan fingerprint density at radius 2 is 1.75 bits per heavy atom. The number of carbonyl (C=O) groups is 2. The summed E-state index contributed by atoms with van der Waals surface area (Å²) in [6, 6.07) is 15.4. The normalized spacial score (nSPS) is 16.4. The monoisotopic (exact) mass is 571 g/mol. The molecule has 0 spiro atoms. The van der Waals surface area contributed by atoms with Crippen molar-refractivity contribution in [2.75, 3.05) is 19.5 Å². The lowest BCUT2D eigenvalue weighted by Gasteiger charge is -2.18. The highest BCUT2D eigenvalue weighted by atomic mass is 32.2. The second kappa shape index (κ2) is 12.0. The van der Waals surface area contributed by atoms with Gasteiger partial charge in [-0.15, -0.1) is 0 Å². The molecule has 0 aromatic heterocycles. The first-order valence-electron chi connectivity index (χ1n) is 12.3. The predicted molar refractivity (Wildman–Crippen MR) is 149 cm³/mol. The van der Waals surface area contributed by atoms with E-state index in [1.165, 1.54) is 31.3 Å². The second-order valence-corrected chi connectivity index (χ2v) is 10.3. The number of carbonyl (C=O) groups excluding carboxylic acids is 2. The lowest BCUT2D eigenvalue weighted by Crippen LogP contribution is -2.33. The van der Waals surface area contributed by atoms with Gasteiger partial charge in [0.15, 0.2) is 16.7 Å². The van der Waals surface area contributed by atoms with E-state index in [1.54, 1.807) is 12.1 Å². The Kier molecular flexibility index (Phi) is 8.73. The van der Waals surface area contributed by atoms with Crippen LogP contribution in [0.3, 0.4) is 0 Å². The molecule has 7 nitrogen and oxygen atoms in total. The average molecular weight is 572 g/mol. The van der Waals surface area contributed by atoms with Crippen LogP contribution in [0.25, 0.3) is 0 Å². The first-order valence-corrected chi connectivity index (χ1v) is 13.2. The van der Waals surface area contributed by atoms with Crippen molar-refractivity contribution in [3.63, 3.8) is 0 Å². The Labute approximate surface area is 234 Å². The van der Waals surface area contributed by atoms with E-state index in [0.29, 0.717) is 22.4 Å². The number of nitrogens with zero attached hydrogens (tertiary/aromatic N) is 2. The number of hydrogen-bond acceptors (Lipinski definition) is 6. The number of ether oxygens (including phenoxy) is 2. The summed E-state index contributed by atoms with van der Waals surface area (Å²) in [6.07, 6.45) is -4.78. The van der Waals surface area contributed by atoms with E-state index in [2.05, 4.69) is 5.32 Å². The molecule has 1 heterocycles. The zero-order chi connectivity index (χ0) is 29.0. The molecule has 0 bridgehead atoms. The fourth-order valence-electron chi connectivity index (χ4n) is 4.15. The Hall–Kier alpha value is -3.99. The topological polar surface area (TPSA) is 80.2 Å². The molecule has 2 amide bonds. The lowest BCUT2D eigenvalue weighted by atomic mass is 10.1. The molecule has 1 atom stereocenters. The number of rotatable bonds is 8. The number of aliphatic imine (C=N–C) groups is 1. The number of benzene rings is 3. The fraction of sp³-hybridized carbons (Fsp3) is 0.276. The van der Waals surface area contributed by atoms with E-state index in [-0.39, 0.29) is 24.6 Å². The molecule has 0 aliphatic carbocycles. The molecule has 3 aromatic rings. The lowest BCUT2D eigenvalue weighted by molar-refractivity contribution is -0.137. The van der Waals surface area contributed by atoms with Crippen LogP contribution in [0.15, 0.2) is 65.7 Å². The quantitative estimate of drug-likeness (QED) is 0.334. The molecular weight excluding hydrogens is 543 g/mol. The van der Waals surface area contributed by atoms with Gasteiger partial charge in [-0.3, -0.25) is 14.5 Å². The van der Waals surface area contributed by atoms with E-state index >= 15 is 0 Å². The molecule has 0 radical (unpaired) electrons.